The summed E-state index contributed by atoms with van der Waals surface area (Å²) in [5.74, 6) is -0.393. The van der Waals surface area contributed by atoms with Gasteiger partial charge in [-0.1, -0.05) is 0 Å². The van der Waals surface area contributed by atoms with Gasteiger partial charge in [0.25, 0.3) is 5.56 Å². The van der Waals surface area contributed by atoms with Gasteiger partial charge >= 0.3 is 5.69 Å². The molecule has 0 aliphatic carbocycles. The summed E-state index contributed by atoms with van der Waals surface area (Å²) in [5, 5.41) is 10.5. The quantitative estimate of drug-likeness (QED) is 0.321. The van der Waals surface area contributed by atoms with Crippen molar-refractivity contribution in [3.05, 3.63) is 54.2 Å². The minimum absolute atomic E-state index is 0.00142. The van der Waals surface area contributed by atoms with Gasteiger partial charge in [-0.3, -0.25) is 14.8 Å². The molecule has 3 N–H and O–H groups in total. The molecule has 144 valence electrons. The molecule has 1 aliphatic heterocycles. The molecule has 0 saturated carbocycles. The fourth-order valence-electron chi connectivity index (χ4n) is 3.36. The van der Waals surface area contributed by atoms with Gasteiger partial charge in [0.2, 0.25) is 5.88 Å². The summed E-state index contributed by atoms with van der Waals surface area (Å²) < 4.78 is 2.09. The van der Waals surface area contributed by atoms with Gasteiger partial charge in [-0.2, -0.15) is 0 Å². The molecular formula is C19H24IN4O3+. The molecular weight excluding hydrogens is 459 g/mol. The molecule has 1 aliphatic rings. The van der Waals surface area contributed by atoms with Gasteiger partial charge in [0.15, 0.2) is 0 Å². The molecule has 2 heterocycles. The van der Waals surface area contributed by atoms with Crippen molar-refractivity contribution in [2.75, 3.05) is 26.2 Å². The van der Waals surface area contributed by atoms with E-state index in [1.54, 1.807) is 17.0 Å². The van der Waals surface area contributed by atoms with Crippen LogP contribution in [0, 0.1) is 3.57 Å². The molecule has 3 rings (SSSR count). The molecule has 8 heteroatoms. The van der Waals surface area contributed by atoms with Crippen molar-refractivity contribution >= 4 is 28.8 Å². The van der Waals surface area contributed by atoms with E-state index in [1.165, 1.54) is 38.6 Å². The van der Waals surface area contributed by atoms with Gasteiger partial charge < -0.3 is 10.0 Å². The molecule has 0 bridgehead atoms. The molecule has 0 atom stereocenters. The number of aromatic amines is 1. The topological polar surface area (TPSA) is 91.9 Å². The van der Waals surface area contributed by atoms with E-state index >= 15 is 0 Å². The zero-order valence-electron chi connectivity index (χ0n) is 15.1. The number of hydrogen-bond donors (Lipinski definition) is 3. The number of aromatic nitrogens is 2. The minimum atomic E-state index is -0.676. The highest BCUT2D eigenvalue weighted by Crippen LogP contribution is 2.16. The van der Waals surface area contributed by atoms with Gasteiger partial charge in [-0.05, 0) is 66.1 Å². The fourth-order valence-corrected chi connectivity index (χ4v) is 3.72. The second-order valence-corrected chi connectivity index (χ2v) is 8.00. The first-order valence-electron chi connectivity index (χ1n) is 9.24. The molecule has 2 aromatic rings. The van der Waals surface area contributed by atoms with E-state index < -0.39 is 17.1 Å². The van der Waals surface area contributed by atoms with Crippen molar-refractivity contribution in [1.29, 1.82) is 0 Å². The molecule has 0 spiro atoms. The molecule has 7 nitrogen and oxygen atoms in total. The second-order valence-electron chi connectivity index (χ2n) is 6.76. The van der Waals surface area contributed by atoms with Crippen LogP contribution in [-0.2, 0) is 0 Å². The Hall–Kier alpha value is -1.94. The molecule has 0 unspecified atom stereocenters. The lowest BCUT2D eigenvalue weighted by molar-refractivity contribution is -0.904. The van der Waals surface area contributed by atoms with Crippen LogP contribution in [-0.4, -0.2) is 47.1 Å². The predicted molar refractivity (Wildman–Crippen MR) is 114 cm³/mol. The highest BCUT2D eigenvalue weighted by Gasteiger charge is 2.14. The Balaban J connectivity index is 1.73. The van der Waals surface area contributed by atoms with Gasteiger partial charge in [0.1, 0.15) is 5.56 Å². The van der Waals surface area contributed by atoms with Gasteiger partial charge in [0, 0.05) is 22.8 Å². The lowest BCUT2D eigenvalue weighted by atomic mass is 10.1. The van der Waals surface area contributed by atoms with E-state index in [0.29, 0.717) is 12.2 Å². The molecule has 1 fully saturated rings. The monoisotopic (exact) mass is 483 g/mol. The number of benzene rings is 1. The van der Waals surface area contributed by atoms with Crippen LogP contribution in [0.15, 0.2) is 38.8 Å². The number of hydrogen-bond acceptors (Lipinski definition) is 4. The number of aromatic hydroxyl groups is 1. The summed E-state index contributed by atoms with van der Waals surface area (Å²) in [6.45, 7) is 4.11. The first-order chi connectivity index (χ1) is 13.1. The maximum absolute atomic E-state index is 12.1. The minimum Gasteiger partial charge on any atom is -0.493 e. The maximum atomic E-state index is 12.1. The second kappa shape index (κ2) is 9.32. The number of halogens is 1. The molecule has 27 heavy (non-hydrogen) atoms. The summed E-state index contributed by atoms with van der Waals surface area (Å²) >= 11 is 2.16. The molecule has 0 amide bonds. The largest absolute Gasteiger partial charge is 0.493 e. The van der Waals surface area contributed by atoms with E-state index in [-0.39, 0.29) is 5.56 Å². The van der Waals surface area contributed by atoms with Gasteiger partial charge in [0.05, 0.1) is 25.3 Å². The van der Waals surface area contributed by atoms with Crippen LogP contribution in [0.3, 0.4) is 0 Å². The summed E-state index contributed by atoms with van der Waals surface area (Å²) in [5.41, 5.74) is -0.829. The number of likely N-dealkylation sites (tertiary alicyclic amines) is 1. The smallest absolute Gasteiger partial charge is 0.335 e. The first-order valence-corrected chi connectivity index (χ1v) is 10.3. The van der Waals surface area contributed by atoms with E-state index in [1.807, 2.05) is 12.1 Å². The lowest BCUT2D eigenvalue weighted by Gasteiger charge is -2.22. The summed E-state index contributed by atoms with van der Waals surface area (Å²) in [4.78, 5) is 32.4. The third-order valence-electron chi connectivity index (χ3n) is 4.80. The van der Waals surface area contributed by atoms with Crippen LogP contribution < -0.4 is 16.1 Å². The van der Waals surface area contributed by atoms with Crippen molar-refractivity contribution in [1.82, 2.24) is 9.55 Å². The number of quaternary nitrogens is 1. The average Bonchev–Trinajstić information content (AvgIpc) is 2.66. The number of nitrogens with zero attached hydrogens (tertiary/aromatic N) is 2. The Morgan fingerprint density at radius 1 is 1.19 bits per heavy atom. The van der Waals surface area contributed by atoms with E-state index in [2.05, 4.69) is 32.6 Å². The van der Waals surface area contributed by atoms with E-state index in [0.717, 1.165) is 21.1 Å². The van der Waals surface area contributed by atoms with Gasteiger partial charge in [-0.25, -0.2) is 9.36 Å². The zero-order valence-corrected chi connectivity index (χ0v) is 17.2. The van der Waals surface area contributed by atoms with E-state index in [9.17, 15) is 14.7 Å². The number of nitrogens with one attached hydrogen (secondary N) is 2. The SMILES string of the molecule is O=c1[nH]c(=O)n(-c2ccc(I)cc2)c(O)c1C=NCCC[NH+]1CCCCC1. The number of rotatable bonds is 6. The van der Waals surface area contributed by atoms with Crippen molar-refractivity contribution in [3.63, 3.8) is 0 Å². The van der Waals surface area contributed by atoms with Crippen LogP contribution in [0.25, 0.3) is 5.69 Å². The maximum Gasteiger partial charge on any atom is 0.335 e. The van der Waals surface area contributed by atoms with Crippen molar-refractivity contribution in [3.8, 4) is 11.6 Å². The van der Waals surface area contributed by atoms with Crippen LogP contribution in [0.4, 0.5) is 0 Å². The van der Waals surface area contributed by atoms with Crippen LogP contribution in [0.1, 0.15) is 31.2 Å². The summed E-state index contributed by atoms with van der Waals surface area (Å²) in [7, 11) is 0. The fraction of sp³-hybridized carbons (Fsp3) is 0.421. The van der Waals surface area contributed by atoms with Crippen LogP contribution in [0.2, 0.25) is 0 Å². The van der Waals surface area contributed by atoms with Crippen LogP contribution >= 0.6 is 22.6 Å². The molecule has 1 aromatic heterocycles. The molecule has 1 saturated heterocycles. The highest BCUT2D eigenvalue weighted by atomic mass is 127. The Morgan fingerprint density at radius 3 is 2.59 bits per heavy atom. The third-order valence-corrected chi connectivity index (χ3v) is 5.52. The number of H-pyrrole nitrogens is 1. The molecule has 1 aromatic carbocycles. The predicted octanol–water partition coefficient (Wildman–Crippen LogP) is 0.714. The van der Waals surface area contributed by atoms with Crippen molar-refractivity contribution in [2.24, 2.45) is 4.99 Å². The zero-order chi connectivity index (χ0) is 19.2. The number of aliphatic imine (C=N–C) groups is 1. The van der Waals surface area contributed by atoms with E-state index in [4.69, 9.17) is 0 Å². The Bertz CT molecular complexity index is 912. The Labute approximate surface area is 170 Å². The lowest BCUT2D eigenvalue weighted by Crippen LogP contribution is -3.12. The summed E-state index contributed by atoms with van der Waals surface area (Å²) in [6, 6.07) is 7.07. The number of piperidine rings is 1. The normalized spacial score (nSPS) is 15.4. The van der Waals surface area contributed by atoms with Gasteiger partial charge in [-0.15, -0.1) is 0 Å². The first kappa shape index (κ1) is 19.8. The summed E-state index contributed by atoms with van der Waals surface area (Å²) in [6.07, 6.45) is 6.22. The third kappa shape index (κ3) is 5.07. The highest BCUT2D eigenvalue weighted by molar-refractivity contribution is 14.1. The standard InChI is InChI=1S/C19H23IN4O3/c20-14-5-7-15(8-6-14)24-18(26)16(17(25)22-19(24)27)13-21-9-4-12-23-10-2-1-3-11-23/h5-8,13,26H,1-4,9-12H2,(H,22,25,27)/p+1. The molecule has 0 radical (unpaired) electrons. The van der Waals surface area contributed by atoms with Crippen molar-refractivity contribution in [2.45, 2.75) is 25.7 Å². The van der Waals surface area contributed by atoms with Crippen molar-refractivity contribution < 1.29 is 10.0 Å². The Morgan fingerprint density at radius 2 is 1.89 bits per heavy atom. The average molecular weight is 483 g/mol. The van der Waals surface area contributed by atoms with Crippen LogP contribution in [0.5, 0.6) is 5.88 Å². The Kier molecular flexibility index (Phi) is 6.84.